The summed E-state index contributed by atoms with van der Waals surface area (Å²) in [6, 6.07) is -0.634. The molecule has 4 nitrogen and oxygen atoms in total. The quantitative estimate of drug-likeness (QED) is 0.908. The maximum atomic E-state index is 12.1. The van der Waals surface area contributed by atoms with Crippen LogP contribution in [0.3, 0.4) is 0 Å². The number of nitrogens with zero attached hydrogens (tertiary/aromatic N) is 3. The second-order valence-corrected chi connectivity index (χ2v) is 5.43. The van der Waals surface area contributed by atoms with Gasteiger partial charge in [-0.25, -0.2) is 4.68 Å². The lowest BCUT2D eigenvalue weighted by Gasteiger charge is -2.17. The van der Waals surface area contributed by atoms with Gasteiger partial charge in [0.15, 0.2) is 0 Å². The predicted molar refractivity (Wildman–Crippen MR) is 62.0 cm³/mol. The van der Waals surface area contributed by atoms with Crippen molar-refractivity contribution < 1.29 is 13.2 Å². The van der Waals surface area contributed by atoms with Crippen LogP contribution in [0.25, 0.3) is 0 Å². The van der Waals surface area contributed by atoms with Crippen LogP contribution in [0.4, 0.5) is 13.2 Å². The van der Waals surface area contributed by atoms with E-state index >= 15 is 0 Å². The minimum Gasteiger partial charge on any atom is -0.308 e. The Morgan fingerprint density at radius 2 is 1.94 bits per heavy atom. The zero-order chi connectivity index (χ0) is 14.0. The Morgan fingerprint density at radius 3 is 2.39 bits per heavy atom. The molecule has 0 amide bonds. The van der Waals surface area contributed by atoms with Gasteiger partial charge < -0.3 is 5.32 Å². The van der Waals surface area contributed by atoms with E-state index in [-0.39, 0.29) is 12.1 Å². The molecule has 1 rings (SSSR count). The van der Waals surface area contributed by atoms with E-state index in [1.54, 1.807) is 10.9 Å². The third-order valence-corrected chi connectivity index (χ3v) is 2.40. The molecule has 1 atom stereocenters. The van der Waals surface area contributed by atoms with Crippen molar-refractivity contribution in [2.75, 3.05) is 0 Å². The number of rotatable bonds is 4. The third-order valence-electron chi connectivity index (χ3n) is 2.40. The molecule has 1 aromatic rings. The van der Waals surface area contributed by atoms with Gasteiger partial charge in [0.05, 0.1) is 23.9 Å². The Morgan fingerprint density at radius 1 is 1.33 bits per heavy atom. The molecule has 0 aliphatic heterocycles. The molecular formula is C11H19F3N4. The molecule has 0 bridgehead atoms. The lowest BCUT2D eigenvalue weighted by molar-refractivity contribution is -0.139. The van der Waals surface area contributed by atoms with Crippen molar-refractivity contribution in [2.45, 2.75) is 58.4 Å². The number of alkyl halides is 3. The molecule has 0 aliphatic carbocycles. The second-order valence-electron chi connectivity index (χ2n) is 5.43. The normalized spacial score (nSPS) is 14.8. The first-order chi connectivity index (χ1) is 8.08. The fraction of sp³-hybridized carbons (Fsp3) is 0.818. The zero-order valence-electron chi connectivity index (χ0n) is 11.0. The van der Waals surface area contributed by atoms with E-state index in [9.17, 15) is 13.2 Å². The fourth-order valence-electron chi connectivity index (χ4n) is 1.41. The molecule has 0 radical (unpaired) electrons. The van der Waals surface area contributed by atoms with Crippen LogP contribution >= 0.6 is 0 Å². The molecule has 0 spiro atoms. The van der Waals surface area contributed by atoms with Crippen molar-refractivity contribution in [3.63, 3.8) is 0 Å². The molecular weight excluding hydrogens is 245 g/mol. The Balaban J connectivity index is 2.47. The molecule has 1 heterocycles. The molecule has 18 heavy (non-hydrogen) atoms. The van der Waals surface area contributed by atoms with Crippen molar-refractivity contribution in [3.8, 4) is 0 Å². The summed E-state index contributed by atoms with van der Waals surface area (Å²) in [5, 5.41) is 10.6. The molecule has 0 aliphatic rings. The monoisotopic (exact) mass is 264 g/mol. The van der Waals surface area contributed by atoms with Crippen LogP contribution in [0.1, 0.15) is 39.8 Å². The van der Waals surface area contributed by atoms with Gasteiger partial charge in [0.2, 0.25) is 0 Å². The first-order valence-corrected chi connectivity index (χ1v) is 5.80. The van der Waals surface area contributed by atoms with Crippen LogP contribution in [0.15, 0.2) is 6.20 Å². The van der Waals surface area contributed by atoms with Crippen LogP contribution in [0.2, 0.25) is 0 Å². The van der Waals surface area contributed by atoms with Crippen molar-refractivity contribution in [3.05, 3.63) is 11.9 Å². The Bertz CT molecular complexity index is 378. The largest absolute Gasteiger partial charge is 0.390 e. The molecule has 0 aromatic carbocycles. The topological polar surface area (TPSA) is 42.7 Å². The predicted octanol–water partition coefficient (Wildman–Crippen LogP) is 2.46. The van der Waals surface area contributed by atoms with E-state index in [1.165, 1.54) is 6.92 Å². The van der Waals surface area contributed by atoms with E-state index in [2.05, 4.69) is 15.6 Å². The minimum atomic E-state index is -4.14. The number of halogens is 3. The van der Waals surface area contributed by atoms with E-state index in [0.717, 1.165) is 0 Å². The Labute approximate surface area is 105 Å². The van der Waals surface area contributed by atoms with Gasteiger partial charge >= 0.3 is 6.18 Å². The van der Waals surface area contributed by atoms with Gasteiger partial charge in [-0.2, -0.15) is 13.2 Å². The van der Waals surface area contributed by atoms with Crippen LogP contribution in [0.5, 0.6) is 0 Å². The summed E-state index contributed by atoms with van der Waals surface area (Å²) in [5.41, 5.74) is 0.460. The van der Waals surface area contributed by atoms with Gasteiger partial charge in [-0.15, -0.1) is 5.10 Å². The zero-order valence-corrected chi connectivity index (χ0v) is 11.0. The summed E-state index contributed by atoms with van der Waals surface area (Å²) >= 11 is 0. The first-order valence-electron chi connectivity index (χ1n) is 5.80. The van der Waals surface area contributed by atoms with Crippen molar-refractivity contribution in [2.24, 2.45) is 0 Å². The third kappa shape index (κ3) is 5.03. The van der Waals surface area contributed by atoms with E-state index in [4.69, 9.17) is 0 Å². The van der Waals surface area contributed by atoms with Gasteiger partial charge in [0.25, 0.3) is 0 Å². The summed E-state index contributed by atoms with van der Waals surface area (Å²) in [6.45, 7) is 7.72. The van der Waals surface area contributed by atoms with Gasteiger partial charge in [0, 0.05) is 12.6 Å². The van der Waals surface area contributed by atoms with E-state index in [1.807, 2.05) is 20.8 Å². The van der Waals surface area contributed by atoms with Crippen LogP contribution < -0.4 is 5.32 Å². The molecule has 104 valence electrons. The lowest BCUT2D eigenvalue weighted by Crippen LogP contribution is -2.30. The van der Waals surface area contributed by atoms with Gasteiger partial charge in [-0.3, -0.25) is 0 Å². The van der Waals surface area contributed by atoms with Crippen LogP contribution in [-0.2, 0) is 12.1 Å². The summed E-state index contributed by atoms with van der Waals surface area (Å²) in [6.07, 6.45) is -3.25. The molecule has 7 heteroatoms. The molecule has 1 unspecified atom stereocenters. The maximum absolute atomic E-state index is 12.1. The smallest absolute Gasteiger partial charge is 0.308 e. The molecule has 1 N–H and O–H groups in total. The number of hydrogen-bond donors (Lipinski definition) is 1. The Hall–Kier alpha value is -1.11. The van der Waals surface area contributed by atoms with E-state index in [0.29, 0.717) is 5.69 Å². The summed E-state index contributed by atoms with van der Waals surface area (Å²) in [5.74, 6) is 0. The average molecular weight is 264 g/mol. The highest BCUT2D eigenvalue weighted by atomic mass is 19.4. The number of hydrogen-bond acceptors (Lipinski definition) is 3. The molecule has 1 aromatic heterocycles. The highest BCUT2D eigenvalue weighted by molar-refractivity contribution is 4.94. The summed E-state index contributed by atoms with van der Waals surface area (Å²) in [7, 11) is 0. The summed E-state index contributed by atoms with van der Waals surface area (Å²) < 4.78 is 38.1. The number of aromatic nitrogens is 3. The van der Waals surface area contributed by atoms with Crippen molar-refractivity contribution >= 4 is 0 Å². The van der Waals surface area contributed by atoms with Gasteiger partial charge in [0.1, 0.15) is 0 Å². The lowest BCUT2D eigenvalue weighted by atomic mass is 10.1. The second kappa shape index (κ2) is 5.26. The van der Waals surface area contributed by atoms with Crippen LogP contribution in [-0.4, -0.2) is 27.2 Å². The molecule has 0 saturated carbocycles. The molecule has 0 saturated heterocycles. The van der Waals surface area contributed by atoms with Crippen LogP contribution in [0, 0.1) is 0 Å². The van der Waals surface area contributed by atoms with Crippen molar-refractivity contribution in [1.29, 1.82) is 0 Å². The van der Waals surface area contributed by atoms with Gasteiger partial charge in [-0.05, 0) is 27.7 Å². The van der Waals surface area contributed by atoms with Crippen molar-refractivity contribution in [1.82, 2.24) is 20.3 Å². The van der Waals surface area contributed by atoms with Gasteiger partial charge in [-0.1, -0.05) is 5.21 Å². The number of nitrogens with one attached hydrogen (secondary N) is 1. The molecule has 0 fully saturated rings. The highest BCUT2D eigenvalue weighted by Gasteiger charge is 2.29. The SMILES string of the molecule is CC(CC(F)(F)F)NCc1cn(C(C)(C)C)nn1. The minimum absolute atomic E-state index is 0.178. The summed E-state index contributed by atoms with van der Waals surface area (Å²) in [4.78, 5) is 0. The van der Waals surface area contributed by atoms with E-state index < -0.39 is 18.6 Å². The highest BCUT2D eigenvalue weighted by Crippen LogP contribution is 2.21. The first kappa shape index (κ1) is 14.9. The standard InChI is InChI=1S/C11H19F3N4/c1-8(5-11(12,13)14)15-6-9-7-18(17-16-9)10(2,3)4/h7-8,15H,5-6H2,1-4H3. The average Bonchev–Trinajstić information content (AvgIpc) is 2.59. The fourth-order valence-corrected chi connectivity index (χ4v) is 1.41. The maximum Gasteiger partial charge on any atom is 0.390 e. The Kier molecular flexibility index (Phi) is 4.37.